The van der Waals surface area contributed by atoms with Gasteiger partial charge in [0.2, 0.25) is 5.91 Å². The third-order valence-corrected chi connectivity index (χ3v) is 6.96. The fourth-order valence-corrected chi connectivity index (χ4v) is 4.78. The Balaban J connectivity index is 2.01. The summed E-state index contributed by atoms with van der Waals surface area (Å²) in [5.74, 6) is 0.508. The van der Waals surface area contributed by atoms with E-state index in [4.69, 9.17) is 0 Å². The zero-order valence-electron chi connectivity index (χ0n) is 17.4. The minimum Gasteiger partial charge on any atom is -0.341 e. The van der Waals surface area contributed by atoms with Crippen molar-refractivity contribution >= 4 is 46.5 Å². The summed E-state index contributed by atoms with van der Waals surface area (Å²) in [6, 6.07) is 1.94. The lowest BCUT2D eigenvalue weighted by Gasteiger charge is -2.30. The van der Waals surface area contributed by atoms with Crippen LogP contribution in [0.25, 0.3) is 12.2 Å². The van der Waals surface area contributed by atoms with E-state index in [1.54, 1.807) is 11.3 Å². The molecule has 0 radical (unpaired) electrons. The van der Waals surface area contributed by atoms with Crippen molar-refractivity contribution in [2.24, 2.45) is 11.3 Å². The summed E-state index contributed by atoms with van der Waals surface area (Å²) < 4.78 is 2.54. The van der Waals surface area contributed by atoms with Crippen LogP contribution in [0.4, 0.5) is 0 Å². The average molecular weight is 433 g/mol. The van der Waals surface area contributed by atoms with Crippen molar-refractivity contribution in [1.29, 1.82) is 0 Å². The summed E-state index contributed by atoms with van der Waals surface area (Å²) in [7, 11) is 0. The Morgan fingerprint density at radius 1 is 1.24 bits per heavy atom. The second-order valence-corrected chi connectivity index (χ2v) is 10.6. The molecule has 3 heterocycles. The largest absolute Gasteiger partial charge is 0.341 e. The predicted octanol–water partition coefficient (Wildman–Crippen LogP) is 2.45. The van der Waals surface area contributed by atoms with Crippen molar-refractivity contribution in [3.8, 4) is 0 Å². The Kier molecular flexibility index (Phi) is 6.58. The molecular formula is C22H28N2O3S2. The summed E-state index contributed by atoms with van der Waals surface area (Å²) in [5.41, 5.74) is 0.188. The third kappa shape index (κ3) is 5.34. The molecule has 7 heteroatoms. The van der Waals surface area contributed by atoms with Gasteiger partial charge < -0.3 is 4.90 Å². The Morgan fingerprint density at radius 3 is 2.52 bits per heavy atom. The van der Waals surface area contributed by atoms with Crippen LogP contribution in [-0.4, -0.2) is 34.2 Å². The van der Waals surface area contributed by atoms with Crippen LogP contribution in [-0.2, 0) is 16.1 Å². The van der Waals surface area contributed by atoms with E-state index in [0.29, 0.717) is 15.1 Å². The normalized spacial score (nSPS) is 17.2. The van der Waals surface area contributed by atoms with E-state index in [0.717, 1.165) is 31.5 Å². The molecule has 1 saturated heterocycles. The molecule has 0 spiro atoms. The molecule has 0 bridgehead atoms. The molecule has 2 aromatic heterocycles. The van der Waals surface area contributed by atoms with E-state index >= 15 is 0 Å². The lowest BCUT2D eigenvalue weighted by Crippen LogP contribution is -2.43. The highest BCUT2D eigenvalue weighted by Gasteiger charge is 2.23. The standard InChI is InChI=1S/C22H28N2O3S2/c1-15-5-8-23(9-6-15)19(26)13-24-20(12-18(25)22(2,3)4)29-17(21(24)27)11-16-7-10-28-14-16/h7,10-12,14-15H,5-6,8-9,13H2,1-4H3. The second kappa shape index (κ2) is 8.79. The number of thiophene rings is 1. The lowest BCUT2D eigenvalue weighted by molar-refractivity contribution is -0.133. The van der Waals surface area contributed by atoms with Crippen molar-refractivity contribution in [3.05, 3.63) is 41.9 Å². The molecule has 156 valence electrons. The summed E-state index contributed by atoms with van der Waals surface area (Å²) in [6.45, 7) is 9.17. The molecule has 1 fully saturated rings. The first-order chi connectivity index (χ1) is 13.6. The number of amides is 1. The number of carbonyl (C=O) groups is 2. The smallest absolute Gasteiger partial charge is 0.269 e. The minimum atomic E-state index is -0.547. The number of rotatable bonds is 4. The molecule has 0 N–H and O–H groups in total. The van der Waals surface area contributed by atoms with Gasteiger partial charge in [-0.15, -0.1) is 11.3 Å². The molecule has 1 aliphatic heterocycles. The van der Waals surface area contributed by atoms with E-state index in [9.17, 15) is 14.4 Å². The van der Waals surface area contributed by atoms with E-state index in [1.807, 2.05) is 48.6 Å². The molecule has 29 heavy (non-hydrogen) atoms. The van der Waals surface area contributed by atoms with E-state index < -0.39 is 5.41 Å². The predicted molar refractivity (Wildman–Crippen MR) is 120 cm³/mol. The fraction of sp³-hybridized carbons (Fsp3) is 0.500. The van der Waals surface area contributed by atoms with Crippen molar-refractivity contribution in [2.45, 2.75) is 47.1 Å². The van der Waals surface area contributed by atoms with Crippen LogP contribution in [0.2, 0.25) is 0 Å². The van der Waals surface area contributed by atoms with E-state index in [-0.39, 0.29) is 23.8 Å². The van der Waals surface area contributed by atoms with Gasteiger partial charge in [0.25, 0.3) is 5.56 Å². The summed E-state index contributed by atoms with van der Waals surface area (Å²) in [6.07, 6.45) is 5.32. The Morgan fingerprint density at radius 2 is 1.93 bits per heavy atom. The first-order valence-corrected chi connectivity index (χ1v) is 11.7. The molecule has 0 unspecified atom stereocenters. The van der Waals surface area contributed by atoms with Crippen LogP contribution >= 0.6 is 22.7 Å². The second-order valence-electron chi connectivity index (χ2n) is 8.72. The van der Waals surface area contributed by atoms with Crippen LogP contribution < -0.4 is 14.8 Å². The molecule has 1 aliphatic rings. The quantitative estimate of drug-likeness (QED) is 0.746. The van der Waals surface area contributed by atoms with Gasteiger partial charge in [0, 0.05) is 24.6 Å². The SMILES string of the molecule is CC1CCN(C(=O)Cn2c(=CC(=O)C(C)(C)C)sc(=Cc3ccsc3)c2=O)CC1. The van der Waals surface area contributed by atoms with Gasteiger partial charge in [-0.3, -0.25) is 19.0 Å². The van der Waals surface area contributed by atoms with Crippen molar-refractivity contribution in [2.75, 3.05) is 13.1 Å². The molecule has 0 aromatic carbocycles. The first-order valence-electron chi connectivity index (χ1n) is 9.92. The minimum absolute atomic E-state index is 0.0234. The maximum atomic E-state index is 13.1. The number of thiazole rings is 1. The highest BCUT2D eigenvalue weighted by atomic mass is 32.1. The monoisotopic (exact) mass is 432 g/mol. The highest BCUT2D eigenvalue weighted by molar-refractivity contribution is 7.08. The van der Waals surface area contributed by atoms with Gasteiger partial charge in [0.1, 0.15) is 11.2 Å². The van der Waals surface area contributed by atoms with E-state index in [2.05, 4.69) is 6.92 Å². The van der Waals surface area contributed by atoms with Crippen molar-refractivity contribution < 1.29 is 9.59 Å². The van der Waals surface area contributed by atoms with Crippen LogP contribution in [0.1, 0.15) is 46.1 Å². The Labute approximate surface area is 179 Å². The van der Waals surface area contributed by atoms with Gasteiger partial charge in [-0.1, -0.05) is 27.7 Å². The summed E-state index contributed by atoms with van der Waals surface area (Å²) in [5, 5.41) is 3.92. The number of piperidine rings is 1. The number of hydrogen-bond donors (Lipinski definition) is 0. The van der Waals surface area contributed by atoms with Gasteiger partial charge >= 0.3 is 0 Å². The lowest BCUT2D eigenvalue weighted by atomic mass is 9.91. The number of nitrogens with zero attached hydrogens (tertiary/aromatic N) is 2. The van der Waals surface area contributed by atoms with Crippen LogP contribution in [0.5, 0.6) is 0 Å². The number of carbonyl (C=O) groups excluding carboxylic acids is 2. The molecule has 0 aliphatic carbocycles. The molecule has 3 rings (SSSR count). The topological polar surface area (TPSA) is 59.4 Å². The third-order valence-electron chi connectivity index (χ3n) is 5.20. The number of aromatic nitrogens is 1. The van der Waals surface area contributed by atoms with Crippen molar-refractivity contribution in [3.63, 3.8) is 0 Å². The van der Waals surface area contributed by atoms with Gasteiger partial charge in [0.15, 0.2) is 5.78 Å². The Bertz CT molecular complexity index is 1050. The summed E-state index contributed by atoms with van der Waals surface area (Å²) >= 11 is 2.83. The molecule has 0 atom stereocenters. The molecule has 2 aromatic rings. The number of hydrogen-bond acceptors (Lipinski definition) is 5. The van der Waals surface area contributed by atoms with Gasteiger partial charge in [-0.05, 0) is 47.2 Å². The van der Waals surface area contributed by atoms with Crippen LogP contribution in [0, 0.1) is 11.3 Å². The van der Waals surface area contributed by atoms with Gasteiger partial charge in [-0.25, -0.2) is 0 Å². The number of Topliss-reactive ketones (excluding diaryl/α,β-unsaturated/α-hetero) is 1. The first kappa shape index (κ1) is 21.7. The molecule has 1 amide bonds. The van der Waals surface area contributed by atoms with E-state index in [1.165, 1.54) is 22.0 Å². The molecule has 0 saturated carbocycles. The maximum absolute atomic E-state index is 13.1. The zero-order chi connectivity index (χ0) is 21.2. The maximum Gasteiger partial charge on any atom is 0.269 e. The van der Waals surface area contributed by atoms with Gasteiger partial charge in [-0.2, -0.15) is 11.3 Å². The average Bonchev–Trinajstić information content (AvgIpc) is 3.26. The zero-order valence-corrected chi connectivity index (χ0v) is 19.1. The number of likely N-dealkylation sites (tertiary alicyclic amines) is 1. The Hall–Kier alpha value is -1.99. The van der Waals surface area contributed by atoms with Crippen molar-refractivity contribution in [1.82, 2.24) is 9.47 Å². The molecule has 5 nitrogen and oxygen atoms in total. The summed E-state index contributed by atoms with van der Waals surface area (Å²) in [4.78, 5) is 40.3. The van der Waals surface area contributed by atoms with Gasteiger partial charge in [0.05, 0.1) is 4.53 Å². The van der Waals surface area contributed by atoms with Crippen LogP contribution in [0.3, 0.4) is 0 Å². The van der Waals surface area contributed by atoms with Crippen LogP contribution in [0.15, 0.2) is 21.6 Å². The molecular weight excluding hydrogens is 404 g/mol. The highest BCUT2D eigenvalue weighted by Crippen LogP contribution is 2.16. The number of ketones is 1. The fourth-order valence-electron chi connectivity index (χ4n) is 3.12.